The lowest BCUT2D eigenvalue weighted by atomic mass is 10.4. The van der Waals surface area contributed by atoms with E-state index in [1.54, 1.807) is 0 Å². The van der Waals surface area contributed by atoms with E-state index < -0.39 is 20.8 Å². The second kappa shape index (κ2) is 5.46. The lowest BCUT2D eigenvalue weighted by Crippen LogP contribution is -2.41. The molecule has 18 heavy (non-hydrogen) atoms. The van der Waals surface area contributed by atoms with Crippen LogP contribution in [0.4, 0.5) is 0 Å². The normalized spacial score (nSPS) is 19.0. The molecule has 1 saturated heterocycles. The van der Waals surface area contributed by atoms with E-state index in [9.17, 15) is 12.6 Å². The summed E-state index contributed by atoms with van der Waals surface area (Å²) in [5, 5.41) is 0.522. The number of nitrogens with zero attached hydrogens (tertiary/aromatic N) is 1. The van der Waals surface area contributed by atoms with Crippen LogP contribution in [0.3, 0.4) is 0 Å². The maximum Gasteiger partial charge on any atom is 0.243 e. The van der Waals surface area contributed by atoms with Crippen molar-refractivity contribution in [3.63, 3.8) is 0 Å². The van der Waals surface area contributed by atoms with Crippen molar-refractivity contribution in [3.05, 3.63) is 28.2 Å². The van der Waals surface area contributed by atoms with Gasteiger partial charge in [0.05, 0.1) is 14.9 Å². The Labute approximate surface area is 118 Å². The van der Waals surface area contributed by atoms with E-state index in [0.29, 0.717) is 16.5 Å². The van der Waals surface area contributed by atoms with Crippen molar-refractivity contribution in [1.29, 1.82) is 0 Å². The predicted octanol–water partition coefficient (Wildman–Crippen LogP) is 1.75. The van der Waals surface area contributed by atoms with Gasteiger partial charge in [-0.25, -0.2) is 8.42 Å². The molecule has 1 aliphatic rings. The number of hydrogen-bond acceptors (Lipinski definition) is 3. The average molecular weight is 328 g/mol. The summed E-state index contributed by atoms with van der Waals surface area (Å²) in [6.07, 6.45) is 0. The number of rotatable bonds is 2. The molecule has 1 heterocycles. The van der Waals surface area contributed by atoms with E-state index >= 15 is 0 Å². The monoisotopic (exact) mass is 327 g/mol. The molecule has 0 bridgehead atoms. The Bertz CT molecular complexity index is 579. The topological polar surface area (TPSA) is 54.5 Å². The molecule has 0 spiro atoms. The fraction of sp³-hybridized carbons (Fsp3) is 0.400. The van der Waals surface area contributed by atoms with Crippen molar-refractivity contribution in [2.75, 3.05) is 24.6 Å². The quantitative estimate of drug-likeness (QED) is 0.831. The SMILES string of the molecule is O=S1CCN(S(=O)(=O)c2ccc(Cl)c(Cl)c2)CC1. The molecule has 4 nitrogen and oxygen atoms in total. The van der Waals surface area contributed by atoms with E-state index in [1.807, 2.05) is 0 Å². The van der Waals surface area contributed by atoms with Gasteiger partial charge >= 0.3 is 0 Å². The van der Waals surface area contributed by atoms with Crippen molar-refractivity contribution < 1.29 is 12.6 Å². The Morgan fingerprint density at radius 1 is 1.11 bits per heavy atom. The molecule has 0 amide bonds. The van der Waals surface area contributed by atoms with Crippen molar-refractivity contribution >= 4 is 44.0 Å². The molecule has 0 aliphatic carbocycles. The molecule has 0 atom stereocenters. The van der Waals surface area contributed by atoms with Crippen molar-refractivity contribution in [2.24, 2.45) is 0 Å². The summed E-state index contributed by atoms with van der Waals surface area (Å²) in [5.41, 5.74) is 0. The summed E-state index contributed by atoms with van der Waals surface area (Å²) in [4.78, 5) is 0.115. The minimum absolute atomic E-state index is 0.115. The van der Waals surface area contributed by atoms with Gasteiger partial charge in [-0.1, -0.05) is 23.2 Å². The minimum atomic E-state index is -3.57. The van der Waals surface area contributed by atoms with Crippen molar-refractivity contribution in [1.82, 2.24) is 4.31 Å². The second-order valence-electron chi connectivity index (χ2n) is 3.83. The fourth-order valence-corrected chi connectivity index (χ4v) is 4.76. The maximum atomic E-state index is 12.3. The number of sulfonamides is 1. The predicted molar refractivity (Wildman–Crippen MR) is 73.1 cm³/mol. The van der Waals surface area contributed by atoms with Gasteiger partial charge < -0.3 is 0 Å². The van der Waals surface area contributed by atoms with Crippen LogP contribution in [0.1, 0.15) is 0 Å². The Hall–Kier alpha value is -0.140. The molecular weight excluding hydrogens is 317 g/mol. The molecule has 2 rings (SSSR count). The highest BCUT2D eigenvalue weighted by Gasteiger charge is 2.28. The molecule has 0 aromatic heterocycles. The highest BCUT2D eigenvalue weighted by Crippen LogP contribution is 2.26. The van der Waals surface area contributed by atoms with Gasteiger partial charge in [-0.05, 0) is 18.2 Å². The van der Waals surface area contributed by atoms with Gasteiger partial charge in [0.2, 0.25) is 10.0 Å². The first kappa shape index (κ1) is 14.3. The van der Waals surface area contributed by atoms with Crippen LogP contribution >= 0.6 is 23.2 Å². The third-order valence-corrected chi connectivity index (χ3v) is 6.58. The van der Waals surface area contributed by atoms with Crippen LogP contribution in [0.25, 0.3) is 0 Å². The molecule has 1 aromatic rings. The molecule has 0 radical (unpaired) electrons. The summed E-state index contributed by atoms with van der Waals surface area (Å²) in [7, 11) is -4.48. The molecule has 100 valence electrons. The van der Waals surface area contributed by atoms with Gasteiger partial charge in [-0.2, -0.15) is 4.31 Å². The van der Waals surface area contributed by atoms with Gasteiger partial charge in [0.25, 0.3) is 0 Å². The van der Waals surface area contributed by atoms with Crippen LogP contribution in [-0.4, -0.2) is 41.5 Å². The smallest absolute Gasteiger partial charge is 0.243 e. The number of benzene rings is 1. The Morgan fingerprint density at radius 2 is 1.72 bits per heavy atom. The highest BCUT2D eigenvalue weighted by molar-refractivity contribution is 7.89. The lowest BCUT2D eigenvalue weighted by Gasteiger charge is -2.25. The zero-order valence-corrected chi connectivity index (χ0v) is 12.4. The minimum Gasteiger partial charge on any atom is -0.259 e. The van der Waals surface area contributed by atoms with Gasteiger partial charge in [-0.3, -0.25) is 4.21 Å². The first-order valence-corrected chi connectivity index (χ1v) is 8.90. The summed E-state index contributed by atoms with van der Waals surface area (Å²) >= 11 is 11.6. The first-order valence-electron chi connectivity index (χ1n) is 5.21. The summed E-state index contributed by atoms with van der Waals surface area (Å²) in [6.45, 7) is 0.546. The summed E-state index contributed by atoms with van der Waals surface area (Å²) in [6, 6.07) is 4.22. The Balaban J connectivity index is 2.30. The summed E-state index contributed by atoms with van der Waals surface area (Å²) < 4.78 is 37.1. The van der Waals surface area contributed by atoms with Gasteiger partial charge in [-0.15, -0.1) is 0 Å². The van der Waals surface area contributed by atoms with E-state index in [1.165, 1.54) is 22.5 Å². The molecule has 1 aliphatic heterocycles. The lowest BCUT2D eigenvalue weighted by molar-refractivity contribution is 0.438. The highest BCUT2D eigenvalue weighted by atomic mass is 35.5. The second-order valence-corrected chi connectivity index (χ2v) is 8.28. The molecule has 0 unspecified atom stereocenters. The van der Waals surface area contributed by atoms with Crippen LogP contribution in [0.5, 0.6) is 0 Å². The maximum absolute atomic E-state index is 12.3. The third kappa shape index (κ3) is 2.88. The Morgan fingerprint density at radius 3 is 2.28 bits per heavy atom. The van der Waals surface area contributed by atoms with Crippen LogP contribution in [0, 0.1) is 0 Å². The van der Waals surface area contributed by atoms with E-state index in [0.717, 1.165) is 0 Å². The molecule has 8 heteroatoms. The van der Waals surface area contributed by atoms with Crippen LogP contribution in [0.2, 0.25) is 10.0 Å². The van der Waals surface area contributed by atoms with Crippen LogP contribution < -0.4 is 0 Å². The van der Waals surface area contributed by atoms with Gasteiger partial charge in [0, 0.05) is 35.4 Å². The molecule has 1 fully saturated rings. The molecule has 0 N–H and O–H groups in total. The molecule has 0 saturated carbocycles. The average Bonchev–Trinajstić information content (AvgIpc) is 2.33. The zero-order chi connectivity index (χ0) is 13.3. The van der Waals surface area contributed by atoms with E-state index in [2.05, 4.69) is 0 Å². The fourth-order valence-electron chi connectivity index (χ4n) is 1.65. The van der Waals surface area contributed by atoms with Crippen LogP contribution in [-0.2, 0) is 20.8 Å². The Kier molecular flexibility index (Phi) is 4.33. The van der Waals surface area contributed by atoms with E-state index in [-0.39, 0.29) is 23.0 Å². The van der Waals surface area contributed by atoms with Gasteiger partial charge in [0.1, 0.15) is 0 Å². The number of hydrogen-bond donors (Lipinski definition) is 0. The van der Waals surface area contributed by atoms with Crippen LogP contribution in [0.15, 0.2) is 23.1 Å². The molecule has 1 aromatic carbocycles. The van der Waals surface area contributed by atoms with Gasteiger partial charge in [0.15, 0.2) is 0 Å². The summed E-state index contributed by atoms with van der Waals surface area (Å²) in [5.74, 6) is 0.751. The van der Waals surface area contributed by atoms with E-state index in [4.69, 9.17) is 23.2 Å². The number of halogens is 2. The van der Waals surface area contributed by atoms with Crippen molar-refractivity contribution in [2.45, 2.75) is 4.90 Å². The van der Waals surface area contributed by atoms with Crippen molar-refractivity contribution in [3.8, 4) is 0 Å². The standard InChI is InChI=1S/C10H11Cl2NO3S2/c11-9-2-1-8(7-10(9)12)18(15,16)13-3-5-17(14)6-4-13/h1-2,7H,3-6H2. The largest absolute Gasteiger partial charge is 0.259 e. The third-order valence-electron chi connectivity index (χ3n) is 2.67. The molecular formula is C10H11Cl2NO3S2. The first-order chi connectivity index (χ1) is 8.41. The zero-order valence-electron chi connectivity index (χ0n) is 9.30.